The van der Waals surface area contributed by atoms with E-state index >= 15 is 0 Å². The molecule has 0 aliphatic heterocycles. The second-order valence-electron chi connectivity index (χ2n) is 6.20. The number of rotatable bonds is 6. The summed E-state index contributed by atoms with van der Waals surface area (Å²) in [5.41, 5.74) is 7.65. The van der Waals surface area contributed by atoms with Gasteiger partial charge in [0.15, 0.2) is 0 Å². The van der Waals surface area contributed by atoms with Crippen LogP contribution in [0.25, 0.3) is 0 Å². The Balaban J connectivity index is 2.76. The van der Waals surface area contributed by atoms with Gasteiger partial charge in [-0.05, 0) is 29.9 Å². The molecule has 1 rings (SSSR count). The number of halogens is 1. The first-order chi connectivity index (χ1) is 8.85. The second kappa shape index (κ2) is 7.41. The summed E-state index contributed by atoms with van der Waals surface area (Å²) in [4.78, 5) is 0. The number of benzene rings is 1. The average molecular weight is 328 g/mol. The topological polar surface area (TPSA) is 35.2 Å². The lowest BCUT2D eigenvalue weighted by molar-refractivity contribution is 0.0195. The third kappa shape index (κ3) is 5.64. The third-order valence-corrected chi connectivity index (χ3v) is 3.94. The highest BCUT2D eigenvalue weighted by Crippen LogP contribution is 2.30. The van der Waals surface area contributed by atoms with Crippen LogP contribution >= 0.6 is 15.9 Å². The molecule has 1 aromatic carbocycles. The molecule has 0 aromatic heterocycles. The Bertz CT molecular complexity index is 387. The number of hydrogen-bond donors (Lipinski definition) is 1. The zero-order valence-electron chi connectivity index (χ0n) is 12.4. The number of nitrogens with two attached hydrogens (primary N) is 1. The summed E-state index contributed by atoms with van der Waals surface area (Å²) in [7, 11) is 0. The van der Waals surface area contributed by atoms with Crippen molar-refractivity contribution < 1.29 is 4.74 Å². The standard InChI is InChI=1S/C16H26BrNO/c1-5-14(18)15(19-11-10-16(2,3)4)12-8-6-7-9-13(12)17/h6-9,14-15H,5,10-11,18H2,1-4H3. The van der Waals surface area contributed by atoms with Gasteiger partial charge in [-0.2, -0.15) is 0 Å². The van der Waals surface area contributed by atoms with Gasteiger partial charge in [-0.1, -0.05) is 61.8 Å². The van der Waals surface area contributed by atoms with Gasteiger partial charge in [0.2, 0.25) is 0 Å². The molecule has 0 aliphatic rings. The van der Waals surface area contributed by atoms with Gasteiger partial charge in [-0.3, -0.25) is 0 Å². The Morgan fingerprint density at radius 2 is 1.89 bits per heavy atom. The molecular weight excluding hydrogens is 302 g/mol. The van der Waals surface area contributed by atoms with Gasteiger partial charge in [-0.15, -0.1) is 0 Å². The molecule has 2 unspecified atom stereocenters. The zero-order chi connectivity index (χ0) is 14.5. The first-order valence-corrected chi connectivity index (χ1v) is 7.76. The molecule has 0 fully saturated rings. The molecule has 3 heteroatoms. The molecule has 2 atom stereocenters. The van der Waals surface area contributed by atoms with E-state index in [2.05, 4.69) is 49.7 Å². The van der Waals surface area contributed by atoms with Crippen molar-refractivity contribution in [1.82, 2.24) is 0 Å². The summed E-state index contributed by atoms with van der Waals surface area (Å²) in [5.74, 6) is 0. The van der Waals surface area contributed by atoms with Crippen molar-refractivity contribution in [2.24, 2.45) is 11.1 Å². The summed E-state index contributed by atoms with van der Waals surface area (Å²) in [5, 5.41) is 0. The van der Waals surface area contributed by atoms with Gasteiger partial charge in [0, 0.05) is 17.1 Å². The smallest absolute Gasteiger partial charge is 0.0986 e. The van der Waals surface area contributed by atoms with Crippen LogP contribution in [0.1, 0.15) is 52.2 Å². The van der Waals surface area contributed by atoms with Gasteiger partial charge >= 0.3 is 0 Å². The molecule has 108 valence electrons. The molecule has 2 nitrogen and oxygen atoms in total. The fourth-order valence-electron chi connectivity index (χ4n) is 1.86. The van der Waals surface area contributed by atoms with Crippen molar-refractivity contribution in [2.75, 3.05) is 6.61 Å². The molecule has 2 N–H and O–H groups in total. The molecule has 0 saturated heterocycles. The van der Waals surface area contributed by atoms with Gasteiger partial charge in [0.25, 0.3) is 0 Å². The SMILES string of the molecule is CCC(N)C(OCCC(C)(C)C)c1ccccc1Br. The Kier molecular flexibility index (Phi) is 6.51. The maximum absolute atomic E-state index is 6.22. The lowest BCUT2D eigenvalue weighted by atomic mass is 9.93. The largest absolute Gasteiger partial charge is 0.372 e. The fourth-order valence-corrected chi connectivity index (χ4v) is 2.37. The van der Waals surface area contributed by atoms with Gasteiger partial charge < -0.3 is 10.5 Å². The van der Waals surface area contributed by atoms with E-state index in [0.717, 1.165) is 29.5 Å². The predicted molar refractivity (Wildman–Crippen MR) is 85.2 cm³/mol. The van der Waals surface area contributed by atoms with Gasteiger partial charge in [0.1, 0.15) is 0 Å². The average Bonchev–Trinajstić information content (AvgIpc) is 2.34. The van der Waals surface area contributed by atoms with E-state index in [0.29, 0.717) is 0 Å². The van der Waals surface area contributed by atoms with Crippen molar-refractivity contribution in [3.8, 4) is 0 Å². The third-order valence-electron chi connectivity index (χ3n) is 3.22. The van der Waals surface area contributed by atoms with Crippen LogP contribution in [0.2, 0.25) is 0 Å². The highest BCUT2D eigenvalue weighted by atomic mass is 79.9. The minimum Gasteiger partial charge on any atom is -0.372 e. The Hall–Kier alpha value is -0.380. The van der Waals surface area contributed by atoms with E-state index in [1.165, 1.54) is 0 Å². The normalized spacial score (nSPS) is 15.3. The Morgan fingerprint density at radius 3 is 2.42 bits per heavy atom. The van der Waals surface area contributed by atoms with Crippen LogP contribution in [0.4, 0.5) is 0 Å². The van der Waals surface area contributed by atoms with Gasteiger partial charge in [-0.25, -0.2) is 0 Å². The number of hydrogen-bond acceptors (Lipinski definition) is 2. The van der Waals surface area contributed by atoms with Crippen LogP contribution in [-0.4, -0.2) is 12.6 Å². The highest BCUT2D eigenvalue weighted by Gasteiger charge is 2.22. The molecule has 0 heterocycles. The first kappa shape index (κ1) is 16.7. The van der Waals surface area contributed by atoms with Crippen molar-refractivity contribution >= 4 is 15.9 Å². The molecule has 0 bridgehead atoms. The van der Waals surface area contributed by atoms with Crippen molar-refractivity contribution in [2.45, 2.75) is 52.7 Å². The van der Waals surface area contributed by atoms with Crippen LogP contribution in [-0.2, 0) is 4.74 Å². The highest BCUT2D eigenvalue weighted by molar-refractivity contribution is 9.10. The van der Waals surface area contributed by atoms with Crippen LogP contribution in [0.5, 0.6) is 0 Å². The summed E-state index contributed by atoms with van der Waals surface area (Å²) < 4.78 is 7.15. The molecule has 19 heavy (non-hydrogen) atoms. The summed E-state index contributed by atoms with van der Waals surface area (Å²) >= 11 is 3.59. The maximum Gasteiger partial charge on any atom is 0.0986 e. The minimum atomic E-state index is -0.0390. The van der Waals surface area contributed by atoms with Crippen LogP contribution in [0.15, 0.2) is 28.7 Å². The maximum atomic E-state index is 6.22. The second-order valence-corrected chi connectivity index (χ2v) is 7.05. The van der Waals surface area contributed by atoms with Crippen molar-refractivity contribution in [3.63, 3.8) is 0 Å². The zero-order valence-corrected chi connectivity index (χ0v) is 14.0. The first-order valence-electron chi connectivity index (χ1n) is 6.96. The summed E-state index contributed by atoms with van der Waals surface area (Å²) in [6.07, 6.45) is 1.90. The molecule has 0 saturated carbocycles. The summed E-state index contributed by atoms with van der Waals surface area (Å²) in [6, 6.07) is 8.19. The van der Waals surface area contributed by atoms with E-state index < -0.39 is 0 Å². The van der Waals surface area contributed by atoms with Crippen LogP contribution in [0.3, 0.4) is 0 Å². The molecule has 0 aliphatic carbocycles. The van der Waals surface area contributed by atoms with Crippen LogP contribution in [0, 0.1) is 5.41 Å². The molecular formula is C16H26BrNO. The molecule has 1 aromatic rings. The molecule has 0 amide bonds. The summed E-state index contributed by atoms with van der Waals surface area (Å²) in [6.45, 7) is 9.52. The Labute approximate surface area is 125 Å². The predicted octanol–water partition coefficient (Wildman–Crippen LogP) is 4.68. The van der Waals surface area contributed by atoms with Crippen molar-refractivity contribution in [3.05, 3.63) is 34.3 Å². The van der Waals surface area contributed by atoms with E-state index in [9.17, 15) is 0 Å². The molecule has 0 spiro atoms. The fraction of sp³-hybridized carbons (Fsp3) is 0.625. The number of ether oxygens (including phenoxy) is 1. The van der Waals surface area contributed by atoms with E-state index in [4.69, 9.17) is 10.5 Å². The quantitative estimate of drug-likeness (QED) is 0.823. The van der Waals surface area contributed by atoms with Gasteiger partial charge in [0.05, 0.1) is 6.10 Å². The minimum absolute atomic E-state index is 0.0265. The van der Waals surface area contributed by atoms with Crippen molar-refractivity contribution in [1.29, 1.82) is 0 Å². The lowest BCUT2D eigenvalue weighted by Crippen LogP contribution is -2.30. The van der Waals surface area contributed by atoms with Crippen LogP contribution < -0.4 is 5.73 Å². The van der Waals surface area contributed by atoms with E-state index in [-0.39, 0.29) is 17.6 Å². The lowest BCUT2D eigenvalue weighted by Gasteiger charge is -2.27. The van der Waals surface area contributed by atoms with E-state index in [1.54, 1.807) is 0 Å². The Morgan fingerprint density at radius 1 is 1.26 bits per heavy atom. The monoisotopic (exact) mass is 327 g/mol. The molecule has 0 radical (unpaired) electrons. The van der Waals surface area contributed by atoms with E-state index in [1.807, 2.05) is 18.2 Å².